The van der Waals surface area contributed by atoms with Crippen LogP contribution in [0.25, 0.3) is 0 Å². The molecule has 0 N–H and O–H groups in total. The molecule has 1 aliphatic heterocycles. The molecule has 1 atom stereocenters. The summed E-state index contributed by atoms with van der Waals surface area (Å²) >= 11 is 0. The molecule has 0 aromatic heterocycles. The van der Waals surface area contributed by atoms with Crippen molar-refractivity contribution in [2.75, 3.05) is 19.7 Å². The fourth-order valence-electron chi connectivity index (χ4n) is 2.63. The lowest BCUT2D eigenvalue weighted by Crippen LogP contribution is -2.46. The number of ether oxygens (including phenoxy) is 1. The second kappa shape index (κ2) is 5.11. The van der Waals surface area contributed by atoms with Crippen LogP contribution in [0.2, 0.25) is 0 Å². The zero-order valence-electron chi connectivity index (χ0n) is 10.5. The van der Waals surface area contributed by atoms with Gasteiger partial charge in [-0.25, -0.2) is 0 Å². The lowest BCUT2D eigenvalue weighted by Gasteiger charge is -2.37. The van der Waals surface area contributed by atoms with Crippen LogP contribution in [0.4, 0.5) is 0 Å². The molecule has 2 fully saturated rings. The van der Waals surface area contributed by atoms with Crippen LogP contribution in [-0.4, -0.2) is 30.5 Å². The summed E-state index contributed by atoms with van der Waals surface area (Å²) in [5.41, 5.74) is 1.17. The van der Waals surface area contributed by atoms with Gasteiger partial charge in [-0.05, 0) is 18.4 Å². The van der Waals surface area contributed by atoms with Crippen molar-refractivity contribution in [3.05, 3.63) is 35.9 Å². The molecule has 18 heavy (non-hydrogen) atoms. The molecule has 1 saturated heterocycles. The Morgan fingerprint density at radius 3 is 2.67 bits per heavy atom. The quantitative estimate of drug-likeness (QED) is 0.800. The largest absolute Gasteiger partial charge is 0.370 e. The Labute approximate surface area is 108 Å². The first-order valence-corrected chi connectivity index (χ1v) is 6.80. The maximum atomic E-state index is 12.2. The van der Waals surface area contributed by atoms with Crippen molar-refractivity contribution in [3.63, 3.8) is 0 Å². The van der Waals surface area contributed by atoms with E-state index >= 15 is 0 Å². The van der Waals surface area contributed by atoms with E-state index in [0.717, 1.165) is 19.4 Å². The van der Waals surface area contributed by atoms with Gasteiger partial charge in [0.2, 0.25) is 5.91 Å². The molecule has 1 amide bonds. The molecule has 3 heteroatoms. The molecule has 1 aromatic carbocycles. The minimum absolute atomic E-state index is 0.0453. The lowest BCUT2D eigenvalue weighted by molar-refractivity contribution is -0.146. The van der Waals surface area contributed by atoms with Gasteiger partial charge in [-0.15, -0.1) is 0 Å². The molecule has 1 saturated carbocycles. The van der Waals surface area contributed by atoms with Crippen LogP contribution < -0.4 is 0 Å². The van der Waals surface area contributed by atoms with Crippen molar-refractivity contribution >= 4 is 5.91 Å². The van der Waals surface area contributed by atoms with Crippen molar-refractivity contribution in [2.45, 2.75) is 25.4 Å². The molecular weight excluding hydrogens is 226 g/mol. The van der Waals surface area contributed by atoms with Gasteiger partial charge in [0, 0.05) is 12.5 Å². The highest BCUT2D eigenvalue weighted by Gasteiger charge is 2.32. The Morgan fingerprint density at radius 1 is 1.22 bits per heavy atom. The summed E-state index contributed by atoms with van der Waals surface area (Å²) in [6.07, 6.45) is 3.41. The average Bonchev–Trinajstić information content (AvgIpc) is 2.38. The molecule has 0 bridgehead atoms. The third-order valence-electron chi connectivity index (χ3n) is 4.00. The van der Waals surface area contributed by atoms with Crippen molar-refractivity contribution in [1.82, 2.24) is 4.90 Å². The van der Waals surface area contributed by atoms with Gasteiger partial charge in [-0.3, -0.25) is 4.79 Å². The Balaban J connectivity index is 1.66. The highest BCUT2D eigenvalue weighted by Crippen LogP contribution is 2.30. The minimum atomic E-state index is 0.0453. The summed E-state index contributed by atoms with van der Waals surface area (Å²) in [5, 5.41) is 0. The van der Waals surface area contributed by atoms with E-state index in [0.29, 0.717) is 25.0 Å². The molecule has 1 heterocycles. The summed E-state index contributed by atoms with van der Waals surface area (Å²) in [4.78, 5) is 14.2. The molecule has 3 rings (SSSR count). The molecule has 96 valence electrons. The minimum Gasteiger partial charge on any atom is -0.370 e. The summed E-state index contributed by atoms with van der Waals surface area (Å²) < 4.78 is 5.78. The van der Waals surface area contributed by atoms with Crippen LogP contribution in [0.5, 0.6) is 0 Å². The van der Waals surface area contributed by atoms with Crippen molar-refractivity contribution in [1.29, 1.82) is 0 Å². The summed E-state index contributed by atoms with van der Waals surface area (Å²) in [7, 11) is 0. The molecule has 0 unspecified atom stereocenters. The normalized spacial score (nSPS) is 24.7. The zero-order valence-corrected chi connectivity index (χ0v) is 10.5. The standard InChI is InChI=1S/C15H19NO2/c17-15(13-7-4-8-13)16-9-10-18-14(11-16)12-5-2-1-3-6-12/h1-3,5-6,13-14H,4,7-11H2/t14-/m1/s1. The van der Waals surface area contributed by atoms with E-state index in [4.69, 9.17) is 4.74 Å². The smallest absolute Gasteiger partial charge is 0.225 e. The Bertz CT molecular complexity index is 414. The van der Waals surface area contributed by atoms with E-state index in [1.807, 2.05) is 23.1 Å². The van der Waals surface area contributed by atoms with Crippen LogP contribution in [0.3, 0.4) is 0 Å². The second-order valence-corrected chi connectivity index (χ2v) is 5.18. The van der Waals surface area contributed by atoms with Crippen LogP contribution in [0.15, 0.2) is 30.3 Å². The number of carbonyl (C=O) groups is 1. The fraction of sp³-hybridized carbons (Fsp3) is 0.533. The van der Waals surface area contributed by atoms with Gasteiger partial charge in [0.25, 0.3) is 0 Å². The summed E-state index contributed by atoms with van der Waals surface area (Å²) in [6.45, 7) is 2.11. The molecular formula is C15H19NO2. The average molecular weight is 245 g/mol. The van der Waals surface area contributed by atoms with E-state index < -0.39 is 0 Å². The van der Waals surface area contributed by atoms with Crippen molar-refractivity contribution in [2.24, 2.45) is 5.92 Å². The first-order chi connectivity index (χ1) is 8.84. The highest BCUT2D eigenvalue weighted by molar-refractivity contribution is 5.79. The third kappa shape index (κ3) is 2.27. The number of amides is 1. The number of nitrogens with zero attached hydrogens (tertiary/aromatic N) is 1. The van der Waals surface area contributed by atoms with Crippen LogP contribution >= 0.6 is 0 Å². The number of hydrogen-bond acceptors (Lipinski definition) is 2. The molecule has 1 aliphatic carbocycles. The number of benzene rings is 1. The Morgan fingerprint density at radius 2 is 2.00 bits per heavy atom. The van der Waals surface area contributed by atoms with Crippen LogP contribution in [-0.2, 0) is 9.53 Å². The third-order valence-corrected chi connectivity index (χ3v) is 4.00. The highest BCUT2D eigenvalue weighted by atomic mass is 16.5. The molecule has 1 aromatic rings. The predicted octanol–water partition coefficient (Wildman–Crippen LogP) is 2.39. The van der Waals surface area contributed by atoms with Gasteiger partial charge in [0.1, 0.15) is 6.10 Å². The van der Waals surface area contributed by atoms with Crippen LogP contribution in [0.1, 0.15) is 30.9 Å². The van der Waals surface area contributed by atoms with Gasteiger partial charge in [-0.2, -0.15) is 0 Å². The first kappa shape index (κ1) is 11.7. The monoisotopic (exact) mass is 245 g/mol. The summed E-state index contributed by atoms with van der Waals surface area (Å²) in [5.74, 6) is 0.630. The Kier molecular flexibility index (Phi) is 3.33. The number of hydrogen-bond donors (Lipinski definition) is 0. The van der Waals surface area contributed by atoms with E-state index in [2.05, 4.69) is 12.1 Å². The Hall–Kier alpha value is -1.35. The molecule has 2 aliphatic rings. The number of rotatable bonds is 2. The maximum absolute atomic E-state index is 12.2. The van der Waals surface area contributed by atoms with Crippen LogP contribution in [0, 0.1) is 5.92 Å². The van der Waals surface area contributed by atoms with Gasteiger partial charge in [-0.1, -0.05) is 36.8 Å². The molecule has 0 radical (unpaired) electrons. The second-order valence-electron chi connectivity index (χ2n) is 5.18. The zero-order chi connectivity index (χ0) is 12.4. The van der Waals surface area contributed by atoms with Crippen molar-refractivity contribution in [3.8, 4) is 0 Å². The van der Waals surface area contributed by atoms with E-state index in [1.165, 1.54) is 12.0 Å². The first-order valence-electron chi connectivity index (χ1n) is 6.80. The predicted molar refractivity (Wildman–Crippen MR) is 69.1 cm³/mol. The fourth-order valence-corrected chi connectivity index (χ4v) is 2.63. The van der Waals surface area contributed by atoms with E-state index in [-0.39, 0.29) is 6.10 Å². The number of carbonyl (C=O) groups excluding carboxylic acids is 1. The number of morpholine rings is 1. The lowest BCUT2D eigenvalue weighted by atomic mass is 9.84. The SMILES string of the molecule is O=C(C1CCC1)N1CCO[C@@H](c2ccccc2)C1. The van der Waals surface area contributed by atoms with Gasteiger partial charge in [0.05, 0.1) is 13.2 Å². The van der Waals surface area contributed by atoms with Gasteiger partial charge in [0.15, 0.2) is 0 Å². The summed E-state index contributed by atoms with van der Waals surface area (Å²) in [6, 6.07) is 10.2. The topological polar surface area (TPSA) is 29.5 Å². The van der Waals surface area contributed by atoms with Gasteiger partial charge >= 0.3 is 0 Å². The van der Waals surface area contributed by atoms with Crippen molar-refractivity contribution < 1.29 is 9.53 Å². The van der Waals surface area contributed by atoms with E-state index in [9.17, 15) is 4.79 Å². The van der Waals surface area contributed by atoms with Gasteiger partial charge < -0.3 is 9.64 Å². The maximum Gasteiger partial charge on any atom is 0.225 e. The van der Waals surface area contributed by atoms with E-state index in [1.54, 1.807) is 0 Å². The molecule has 0 spiro atoms. The molecule has 3 nitrogen and oxygen atoms in total.